The number of carbonyl (C=O) groups is 1. The fourth-order valence-electron chi connectivity index (χ4n) is 3.27. The average molecular weight is 191 g/mol. The van der Waals surface area contributed by atoms with Crippen molar-refractivity contribution in [2.45, 2.75) is 24.9 Å². The first-order valence-electron chi connectivity index (χ1n) is 5.22. The van der Waals surface area contributed by atoms with Gasteiger partial charge in [-0.1, -0.05) is 0 Å². The highest BCUT2D eigenvalue weighted by atomic mass is 16.2. The predicted molar refractivity (Wildman–Crippen MR) is 49.0 cm³/mol. The van der Waals surface area contributed by atoms with Crippen molar-refractivity contribution < 1.29 is 4.79 Å². The van der Waals surface area contributed by atoms with Crippen molar-refractivity contribution in [3.63, 3.8) is 0 Å². The fourth-order valence-corrected chi connectivity index (χ4v) is 3.27. The molecule has 4 nitrogen and oxygen atoms in total. The smallest absolute Gasteiger partial charge is 0.238 e. The van der Waals surface area contributed by atoms with E-state index in [1.54, 1.807) is 0 Å². The van der Waals surface area contributed by atoms with E-state index >= 15 is 0 Å². The van der Waals surface area contributed by atoms with Crippen LogP contribution in [0, 0.1) is 29.1 Å². The van der Waals surface area contributed by atoms with Gasteiger partial charge in [-0.05, 0) is 30.6 Å². The second kappa shape index (κ2) is 2.71. The number of hydrogen-bond acceptors (Lipinski definition) is 3. The summed E-state index contributed by atoms with van der Waals surface area (Å²) in [4.78, 5) is 11.6. The lowest BCUT2D eigenvalue weighted by Gasteiger charge is -2.21. The molecule has 5 atom stereocenters. The molecule has 3 rings (SSSR count). The van der Waals surface area contributed by atoms with Gasteiger partial charge in [-0.15, -0.1) is 0 Å². The molecule has 1 saturated heterocycles. The average Bonchev–Trinajstić information content (AvgIpc) is 2.81. The van der Waals surface area contributed by atoms with Crippen LogP contribution in [0.2, 0.25) is 0 Å². The number of hydrogen-bond donors (Lipinski definition) is 2. The minimum absolute atomic E-state index is 0.0166. The molecule has 74 valence electrons. The van der Waals surface area contributed by atoms with Crippen molar-refractivity contribution in [3.05, 3.63) is 0 Å². The van der Waals surface area contributed by atoms with E-state index in [0.29, 0.717) is 12.0 Å². The quantitative estimate of drug-likeness (QED) is 0.585. The Hall–Kier alpha value is -1.08. The molecule has 0 aromatic rings. The summed E-state index contributed by atoms with van der Waals surface area (Å²) in [5.41, 5.74) is 0. The topological polar surface area (TPSA) is 64.9 Å². The highest BCUT2D eigenvalue weighted by Gasteiger charge is 2.62. The molecule has 14 heavy (non-hydrogen) atoms. The zero-order valence-electron chi connectivity index (χ0n) is 7.86. The molecule has 0 aromatic carbocycles. The SMILES string of the molecule is N#CCNC(=O)C1NC2CC1C1CC21. The Labute approximate surface area is 82.7 Å². The van der Waals surface area contributed by atoms with Gasteiger partial charge in [-0.25, -0.2) is 0 Å². The van der Waals surface area contributed by atoms with Crippen LogP contribution in [-0.4, -0.2) is 24.5 Å². The molecule has 2 aliphatic carbocycles. The van der Waals surface area contributed by atoms with E-state index in [4.69, 9.17) is 5.26 Å². The van der Waals surface area contributed by atoms with Crippen LogP contribution in [-0.2, 0) is 4.79 Å². The van der Waals surface area contributed by atoms with Crippen molar-refractivity contribution in [3.8, 4) is 6.07 Å². The summed E-state index contributed by atoms with van der Waals surface area (Å²) in [6.07, 6.45) is 2.48. The third-order valence-corrected chi connectivity index (χ3v) is 3.93. The van der Waals surface area contributed by atoms with E-state index < -0.39 is 0 Å². The lowest BCUT2D eigenvalue weighted by atomic mass is 9.97. The highest BCUT2D eigenvalue weighted by Crippen LogP contribution is 2.59. The Morgan fingerprint density at radius 1 is 1.43 bits per heavy atom. The molecule has 1 aliphatic heterocycles. The molecule has 2 N–H and O–H groups in total. The number of fused-ring (bicyclic) bond motifs is 5. The maximum atomic E-state index is 11.6. The maximum Gasteiger partial charge on any atom is 0.238 e. The lowest BCUT2D eigenvalue weighted by molar-refractivity contribution is -0.123. The monoisotopic (exact) mass is 191 g/mol. The number of piperidine rings is 1. The second-order valence-corrected chi connectivity index (χ2v) is 4.59. The van der Waals surface area contributed by atoms with Crippen molar-refractivity contribution in [2.75, 3.05) is 6.54 Å². The zero-order valence-corrected chi connectivity index (χ0v) is 7.86. The first-order chi connectivity index (χ1) is 6.81. The summed E-state index contributed by atoms with van der Waals surface area (Å²) in [7, 11) is 0. The van der Waals surface area contributed by atoms with Gasteiger partial charge in [-0.3, -0.25) is 4.79 Å². The molecule has 4 heteroatoms. The Morgan fingerprint density at radius 3 is 2.93 bits per heavy atom. The molecule has 0 radical (unpaired) electrons. The van der Waals surface area contributed by atoms with Gasteiger partial charge in [0, 0.05) is 6.04 Å². The van der Waals surface area contributed by atoms with Crippen LogP contribution in [0.1, 0.15) is 12.8 Å². The van der Waals surface area contributed by atoms with Crippen LogP contribution in [0.5, 0.6) is 0 Å². The molecule has 3 aliphatic rings. The molecule has 1 amide bonds. The summed E-state index contributed by atoms with van der Waals surface area (Å²) in [5.74, 6) is 2.23. The predicted octanol–water partition coefficient (Wildman–Crippen LogP) is -0.377. The van der Waals surface area contributed by atoms with E-state index in [2.05, 4.69) is 10.6 Å². The second-order valence-electron chi connectivity index (χ2n) is 4.59. The van der Waals surface area contributed by atoms with Crippen LogP contribution in [0.3, 0.4) is 0 Å². The Bertz CT molecular complexity index is 322. The van der Waals surface area contributed by atoms with E-state index in [0.717, 1.165) is 11.8 Å². The van der Waals surface area contributed by atoms with Gasteiger partial charge in [0.15, 0.2) is 0 Å². The molecule has 1 heterocycles. The summed E-state index contributed by atoms with van der Waals surface area (Å²) < 4.78 is 0. The molecular weight excluding hydrogens is 178 g/mol. The minimum atomic E-state index is -0.0166. The summed E-state index contributed by atoms with van der Waals surface area (Å²) in [5, 5.41) is 14.4. The number of carbonyl (C=O) groups excluding carboxylic acids is 1. The van der Waals surface area contributed by atoms with Gasteiger partial charge >= 0.3 is 0 Å². The van der Waals surface area contributed by atoms with Crippen LogP contribution in [0.25, 0.3) is 0 Å². The largest absolute Gasteiger partial charge is 0.342 e. The van der Waals surface area contributed by atoms with Crippen LogP contribution < -0.4 is 10.6 Å². The molecule has 0 spiro atoms. The Balaban J connectivity index is 1.65. The van der Waals surface area contributed by atoms with Gasteiger partial charge < -0.3 is 10.6 Å². The highest BCUT2D eigenvalue weighted by molar-refractivity contribution is 5.83. The summed E-state index contributed by atoms with van der Waals surface area (Å²) >= 11 is 0. The molecule has 2 saturated carbocycles. The van der Waals surface area contributed by atoms with Gasteiger partial charge in [-0.2, -0.15) is 5.26 Å². The Kier molecular flexibility index (Phi) is 1.59. The lowest BCUT2D eigenvalue weighted by Crippen LogP contribution is -2.48. The third-order valence-electron chi connectivity index (χ3n) is 3.93. The zero-order chi connectivity index (χ0) is 9.71. The number of rotatable bonds is 2. The van der Waals surface area contributed by atoms with Crippen LogP contribution in [0.4, 0.5) is 0 Å². The van der Waals surface area contributed by atoms with Crippen molar-refractivity contribution in [1.82, 2.24) is 10.6 Å². The van der Waals surface area contributed by atoms with Gasteiger partial charge in [0.05, 0.1) is 12.1 Å². The fraction of sp³-hybridized carbons (Fsp3) is 0.800. The molecule has 3 fully saturated rings. The van der Waals surface area contributed by atoms with Gasteiger partial charge in [0.25, 0.3) is 0 Å². The number of nitrogens with one attached hydrogen (secondary N) is 2. The Morgan fingerprint density at radius 2 is 2.29 bits per heavy atom. The summed E-state index contributed by atoms with van der Waals surface area (Å²) in [6.45, 7) is 0.127. The third kappa shape index (κ3) is 0.992. The van der Waals surface area contributed by atoms with Crippen molar-refractivity contribution >= 4 is 5.91 Å². The summed E-state index contributed by atoms with van der Waals surface area (Å²) in [6, 6.07) is 2.50. The first kappa shape index (κ1) is 8.25. The minimum Gasteiger partial charge on any atom is -0.342 e. The van der Waals surface area contributed by atoms with Crippen molar-refractivity contribution in [2.24, 2.45) is 17.8 Å². The molecule has 0 aromatic heterocycles. The standard InChI is InChI=1S/C10H13N3O/c11-1-2-12-10(14)9-7-4-8(13-9)6-3-5(6)7/h5-9,13H,2-4H2,(H,12,14). The first-order valence-corrected chi connectivity index (χ1v) is 5.22. The number of nitriles is 1. The maximum absolute atomic E-state index is 11.6. The normalized spacial score (nSPS) is 46.9. The van der Waals surface area contributed by atoms with Crippen LogP contribution in [0.15, 0.2) is 0 Å². The van der Waals surface area contributed by atoms with E-state index in [1.165, 1.54) is 12.8 Å². The van der Waals surface area contributed by atoms with Gasteiger partial charge in [0.2, 0.25) is 5.91 Å². The number of nitrogens with zero attached hydrogens (tertiary/aromatic N) is 1. The van der Waals surface area contributed by atoms with Gasteiger partial charge in [0.1, 0.15) is 6.54 Å². The molecular formula is C10H13N3O. The van der Waals surface area contributed by atoms with E-state index in [9.17, 15) is 4.79 Å². The number of amides is 1. The van der Waals surface area contributed by atoms with E-state index in [-0.39, 0.29) is 18.5 Å². The molecule has 5 unspecified atom stereocenters. The van der Waals surface area contributed by atoms with E-state index in [1.807, 2.05) is 6.07 Å². The van der Waals surface area contributed by atoms with Crippen molar-refractivity contribution in [1.29, 1.82) is 5.26 Å². The molecule has 2 bridgehead atoms. The van der Waals surface area contributed by atoms with Crippen LogP contribution >= 0.6 is 0 Å².